The molecule has 0 bridgehead atoms. The molecule has 0 saturated carbocycles. The number of amides is 1. The molecule has 3 aromatic carbocycles. The van der Waals surface area contributed by atoms with Crippen LogP contribution in [0.25, 0.3) is 0 Å². The largest absolute Gasteiger partial charge is 0.456 e. The highest BCUT2D eigenvalue weighted by molar-refractivity contribution is 5.99. The Morgan fingerprint density at radius 3 is 2.14 bits per heavy atom. The number of para-hydroxylation sites is 3. The fraction of sp³-hybridized carbons (Fsp3) is 0.167. The number of carbonyl (C=O) groups is 2. The molecule has 1 N–H and O–H groups in total. The Morgan fingerprint density at radius 1 is 0.828 bits per heavy atom. The van der Waals surface area contributed by atoms with Crippen molar-refractivity contribution in [3.63, 3.8) is 0 Å². The number of carbonyl (C=O) groups excluding carboxylic acids is 2. The zero-order valence-corrected chi connectivity index (χ0v) is 16.6. The van der Waals surface area contributed by atoms with E-state index >= 15 is 0 Å². The Morgan fingerprint density at radius 2 is 1.45 bits per heavy atom. The van der Waals surface area contributed by atoms with Crippen LogP contribution in [0.2, 0.25) is 0 Å². The number of nitrogens with one attached hydrogen (secondary N) is 1. The molecule has 0 spiro atoms. The van der Waals surface area contributed by atoms with Crippen molar-refractivity contribution in [1.82, 2.24) is 0 Å². The summed E-state index contributed by atoms with van der Waals surface area (Å²) in [6.45, 7) is 5.37. The van der Waals surface area contributed by atoms with Gasteiger partial charge in [-0.15, -0.1) is 0 Å². The molecule has 1 atom stereocenters. The molecule has 0 aliphatic heterocycles. The molecule has 5 nitrogen and oxygen atoms in total. The Balaban J connectivity index is 1.71. The first-order valence-corrected chi connectivity index (χ1v) is 9.35. The van der Waals surface area contributed by atoms with E-state index in [0.717, 1.165) is 16.8 Å². The maximum absolute atomic E-state index is 12.7. The van der Waals surface area contributed by atoms with Crippen molar-refractivity contribution in [3.05, 3.63) is 89.5 Å². The number of ether oxygens (including phenoxy) is 2. The van der Waals surface area contributed by atoms with Gasteiger partial charge in [0.2, 0.25) is 0 Å². The van der Waals surface area contributed by atoms with Crippen LogP contribution in [-0.4, -0.2) is 18.0 Å². The van der Waals surface area contributed by atoms with Crippen LogP contribution in [0.15, 0.2) is 72.8 Å². The summed E-state index contributed by atoms with van der Waals surface area (Å²) in [5.74, 6) is -0.0440. The Kier molecular flexibility index (Phi) is 6.29. The van der Waals surface area contributed by atoms with Gasteiger partial charge in [-0.25, -0.2) is 4.79 Å². The molecular weight excluding hydrogens is 366 g/mol. The Bertz CT molecular complexity index is 994. The Hall–Kier alpha value is -3.60. The van der Waals surface area contributed by atoms with Gasteiger partial charge in [-0.05, 0) is 56.2 Å². The van der Waals surface area contributed by atoms with Crippen molar-refractivity contribution in [2.75, 3.05) is 5.32 Å². The summed E-state index contributed by atoms with van der Waals surface area (Å²) in [5, 5.41) is 2.84. The minimum absolute atomic E-state index is 0.253. The van der Waals surface area contributed by atoms with E-state index in [0.29, 0.717) is 11.5 Å². The molecule has 0 fully saturated rings. The molecule has 0 heterocycles. The highest BCUT2D eigenvalue weighted by Crippen LogP contribution is 2.26. The molecule has 0 aliphatic rings. The van der Waals surface area contributed by atoms with Crippen LogP contribution in [0.1, 0.15) is 28.4 Å². The monoisotopic (exact) mass is 389 g/mol. The molecule has 29 heavy (non-hydrogen) atoms. The van der Waals surface area contributed by atoms with E-state index in [1.165, 1.54) is 0 Å². The van der Waals surface area contributed by atoms with Crippen molar-refractivity contribution in [1.29, 1.82) is 0 Å². The van der Waals surface area contributed by atoms with E-state index in [1.807, 2.05) is 50.2 Å². The summed E-state index contributed by atoms with van der Waals surface area (Å²) in [5.41, 5.74) is 2.87. The number of aryl methyl sites for hydroxylation is 2. The lowest BCUT2D eigenvalue weighted by Gasteiger charge is -2.17. The summed E-state index contributed by atoms with van der Waals surface area (Å²) in [6.07, 6.45) is -0.966. The van der Waals surface area contributed by atoms with E-state index < -0.39 is 18.0 Å². The van der Waals surface area contributed by atoms with Crippen LogP contribution < -0.4 is 10.1 Å². The minimum Gasteiger partial charge on any atom is -0.456 e. The zero-order chi connectivity index (χ0) is 20.8. The van der Waals surface area contributed by atoms with Gasteiger partial charge in [0.05, 0.1) is 0 Å². The van der Waals surface area contributed by atoms with E-state index in [9.17, 15) is 9.59 Å². The average molecular weight is 389 g/mol. The molecule has 3 aromatic rings. The summed E-state index contributed by atoms with van der Waals surface area (Å²) < 4.78 is 11.2. The van der Waals surface area contributed by atoms with Gasteiger partial charge < -0.3 is 14.8 Å². The number of anilines is 1. The molecule has 3 rings (SSSR count). The molecule has 5 heteroatoms. The maximum Gasteiger partial charge on any atom is 0.342 e. The topological polar surface area (TPSA) is 64.6 Å². The number of esters is 1. The molecular formula is C24H23NO4. The van der Waals surface area contributed by atoms with Gasteiger partial charge >= 0.3 is 5.97 Å². The molecule has 0 aromatic heterocycles. The molecule has 0 radical (unpaired) electrons. The van der Waals surface area contributed by atoms with Crippen molar-refractivity contribution >= 4 is 17.6 Å². The summed E-state index contributed by atoms with van der Waals surface area (Å²) in [7, 11) is 0. The second-order valence-corrected chi connectivity index (χ2v) is 6.71. The van der Waals surface area contributed by atoms with Gasteiger partial charge in [-0.1, -0.05) is 48.5 Å². The predicted octanol–water partition coefficient (Wildman–Crippen LogP) is 5.28. The lowest BCUT2D eigenvalue weighted by molar-refractivity contribution is -0.123. The highest BCUT2D eigenvalue weighted by Gasteiger charge is 2.22. The van der Waals surface area contributed by atoms with Crippen molar-refractivity contribution in [2.45, 2.75) is 26.9 Å². The Labute approximate surface area is 170 Å². The number of hydrogen-bond acceptors (Lipinski definition) is 4. The first-order chi connectivity index (χ1) is 14.0. The second kappa shape index (κ2) is 9.06. The van der Waals surface area contributed by atoms with Gasteiger partial charge in [0.15, 0.2) is 6.10 Å². The van der Waals surface area contributed by atoms with E-state index in [4.69, 9.17) is 9.47 Å². The first kappa shape index (κ1) is 20.1. The van der Waals surface area contributed by atoms with Gasteiger partial charge in [0.1, 0.15) is 17.1 Å². The number of rotatable bonds is 6. The third-order valence-corrected chi connectivity index (χ3v) is 4.46. The van der Waals surface area contributed by atoms with E-state index in [-0.39, 0.29) is 5.56 Å². The third kappa shape index (κ3) is 5.02. The van der Waals surface area contributed by atoms with Crippen molar-refractivity contribution < 1.29 is 19.1 Å². The maximum atomic E-state index is 12.7. The second-order valence-electron chi connectivity index (χ2n) is 6.71. The quantitative estimate of drug-likeness (QED) is 0.583. The zero-order valence-electron chi connectivity index (χ0n) is 16.6. The van der Waals surface area contributed by atoms with Crippen molar-refractivity contribution in [2.24, 2.45) is 0 Å². The number of benzene rings is 3. The standard InChI is InChI=1S/C24H23NO4/c1-16-10-9-11-17(2)22(16)25-23(26)18(3)28-24(27)20-14-7-8-15-21(20)29-19-12-5-4-6-13-19/h4-15,18H,1-3H3,(H,25,26). The predicted molar refractivity (Wildman–Crippen MR) is 112 cm³/mol. The minimum atomic E-state index is -0.966. The van der Waals surface area contributed by atoms with Crippen LogP contribution in [0.3, 0.4) is 0 Å². The molecule has 1 unspecified atom stereocenters. The molecule has 0 saturated heterocycles. The van der Waals surface area contributed by atoms with Gasteiger partial charge in [-0.3, -0.25) is 4.79 Å². The summed E-state index contributed by atoms with van der Waals surface area (Å²) in [6, 6.07) is 21.7. The van der Waals surface area contributed by atoms with Gasteiger partial charge in [0.25, 0.3) is 5.91 Å². The average Bonchev–Trinajstić information content (AvgIpc) is 2.71. The van der Waals surface area contributed by atoms with Crippen LogP contribution in [-0.2, 0) is 9.53 Å². The van der Waals surface area contributed by atoms with Crippen LogP contribution in [0.5, 0.6) is 11.5 Å². The summed E-state index contributed by atoms with van der Waals surface area (Å²) >= 11 is 0. The SMILES string of the molecule is Cc1cccc(C)c1NC(=O)C(C)OC(=O)c1ccccc1Oc1ccccc1. The fourth-order valence-corrected chi connectivity index (χ4v) is 2.85. The smallest absolute Gasteiger partial charge is 0.342 e. The van der Waals surface area contributed by atoms with Gasteiger partial charge in [-0.2, -0.15) is 0 Å². The van der Waals surface area contributed by atoms with Gasteiger partial charge in [0, 0.05) is 5.69 Å². The van der Waals surface area contributed by atoms with Crippen LogP contribution in [0, 0.1) is 13.8 Å². The molecule has 148 valence electrons. The first-order valence-electron chi connectivity index (χ1n) is 9.35. The number of hydrogen-bond donors (Lipinski definition) is 1. The van der Waals surface area contributed by atoms with Crippen LogP contribution in [0.4, 0.5) is 5.69 Å². The molecule has 0 aliphatic carbocycles. The highest BCUT2D eigenvalue weighted by atomic mass is 16.5. The molecule has 1 amide bonds. The van der Waals surface area contributed by atoms with Crippen molar-refractivity contribution in [3.8, 4) is 11.5 Å². The lowest BCUT2D eigenvalue weighted by atomic mass is 10.1. The van der Waals surface area contributed by atoms with Crippen LogP contribution >= 0.6 is 0 Å². The normalized spacial score (nSPS) is 11.4. The lowest BCUT2D eigenvalue weighted by Crippen LogP contribution is -2.30. The fourth-order valence-electron chi connectivity index (χ4n) is 2.85. The van der Waals surface area contributed by atoms with E-state index in [2.05, 4.69) is 5.32 Å². The third-order valence-electron chi connectivity index (χ3n) is 4.46. The summed E-state index contributed by atoms with van der Waals surface area (Å²) in [4.78, 5) is 25.2. The van der Waals surface area contributed by atoms with E-state index in [1.54, 1.807) is 43.3 Å².